The zero-order valence-electron chi connectivity index (χ0n) is 12.9. The van der Waals surface area contributed by atoms with E-state index >= 15 is 0 Å². The molecule has 1 rings (SSSR count). The fourth-order valence-corrected chi connectivity index (χ4v) is 2.63. The van der Waals surface area contributed by atoms with Gasteiger partial charge in [-0.05, 0) is 38.1 Å². The van der Waals surface area contributed by atoms with Gasteiger partial charge in [0.2, 0.25) is 0 Å². The van der Waals surface area contributed by atoms with Gasteiger partial charge in [-0.25, -0.2) is 0 Å². The number of hydrogen-bond acceptors (Lipinski definition) is 3. The van der Waals surface area contributed by atoms with Crippen molar-refractivity contribution < 1.29 is 4.92 Å². The third kappa shape index (κ3) is 4.60. The van der Waals surface area contributed by atoms with E-state index in [-0.39, 0.29) is 10.6 Å². The Labute approximate surface area is 121 Å². The Balaban J connectivity index is 2.88. The minimum absolute atomic E-state index is 0.237. The summed E-state index contributed by atoms with van der Waals surface area (Å²) in [4.78, 5) is 10.8. The van der Waals surface area contributed by atoms with Crippen molar-refractivity contribution in [2.45, 2.75) is 46.6 Å². The van der Waals surface area contributed by atoms with Gasteiger partial charge in [0, 0.05) is 17.7 Å². The van der Waals surface area contributed by atoms with Gasteiger partial charge in [0.25, 0.3) is 5.69 Å². The first-order chi connectivity index (χ1) is 9.47. The topological polar surface area (TPSA) is 55.2 Å². The van der Waals surface area contributed by atoms with E-state index in [9.17, 15) is 10.1 Å². The van der Waals surface area contributed by atoms with Crippen molar-refractivity contribution in [3.05, 3.63) is 39.9 Å². The molecule has 2 unspecified atom stereocenters. The lowest BCUT2D eigenvalue weighted by Gasteiger charge is -2.28. The van der Waals surface area contributed by atoms with Crippen molar-refractivity contribution in [1.29, 1.82) is 0 Å². The van der Waals surface area contributed by atoms with Gasteiger partial charge >= 0.3 is 0 Å². The highest BCUT2D eigenvalue weighted by molar-refractivity contribution is 5.40. The molecule has 0 aliphatic carbocycles. The van der Waals surface area contributed by atoms with Crippen LogP contribution in [0, 0.1) is 22.0 Å². The number of nitro groups is 1. The molecule has 20 heavy (non-hydrogen) atoms. The average molecular weight is 278 g/mol. The molecule has 112 valence electrons. The Morgan fingerprint density at radius 3 is 2.45 bits per heavy atom. The van der Waals surface area contributed by atoms with Crippen molar-refractivity contribution in [2.24, 2.45) is 11.8 Å². The van der Waals surface area contributed by atoms with Crippen LogP contribution in [0.15, 0.2) is 24.3 Å². The molecule has 0 aliphatic heterocycles. The number of para-hydroxylation sites is 1. The molecular formula is C16H26N2O2. The highest BCUT2D eigenvalue weighted by Gasteiger charge is 2.24. The molecule has 0 aromatic heterocycles. The van der Waals surface area contributed by atoms with Crippen LogP contribution in [0.1, 0.15) is 39.7 Å². The van der Waals surface area contributed by atoms with E-state index in [0.717, 1.165) is 24.9 Å². The summed E-state index contributed by atoms with van der Waals surface area (Å²) in [6.45, 7) is 9.68. The summed E-state index contributed by atoms with van der Waals surface area (Å²) in [6.07, 6.45) is 1.84. The molecule has 0 saturated carbocycles. The van der Waals surface area contributed by atoms with Gasteiger partial charge in [-0.15, -0.1) is 0 Å². The van der Waals surface area contributed by atoms with Crippen molar-refractivity contribution in [2.75, 3.05) is 6.54 Å². The van der Waals surface area contributed by atoms with E-state index in [1.165, 1.54) is 0 Å². The third-order valence-electron chi connectivity index (χ3n) is 3.86. The quantitative estimate of drug-likeness (QED) is 0.581. The van der Waals surface area contributed by atoms with E-state index in [0.29, 0.717) is 17.9 Å². The van der Waals surface area contributed by atoms with E-state index < -0.39 is 0 Å². The van der Waals surface area contributed by atoms with Gasteiger partial charge in [-0.1, -0.05) is 39.0 Å². The molecular weight excluding hydrogens is 252 g/mol. The van der Waals surface area contributed by atoms with Crippen LogP contribution in [0.4, 0.5) is 5.69 Å². The van der Waals surface area contributed by atoms with E-state index in [1.54, 1.807) is 12.1 Å². The molecule has 0 aliphatic rings. The predicted octanol–water partition coefficient (Wildman–Crippen LogP) is 3.80. The monoisotopic (exact) mass is 278 g/mol. The lowest BCUT2D eigenvalue weighted by Crippen LogP contribution is -2.37. The Kier molecular flexibility index (Phi) is 6.65. The Bertz CT molecular complexity index is 432. The summed E-state index contributed by atoms with van der Waals surface area (Å²) in [6, 6.07) is 7.43. The second-order valence-electron chi connectivity index (χ2n) is 5.74. The fourth-order valence-electron chi connectivity index (χ4n) is 2.63. The lowest BCUT2D eigenvalue weighted by molar-refractivity contribution is -0.385. The lowest BCUT2D eigenvalue weighted by atomic mass is 9.83. The maximum absolute atomic E-state index is 11.1. The van der Waals surface area contributed by atoms with Crippen LogP contribution in [0.3, 0.4) is 0 Å². The molecule has 2 atom stereocenters. The SMILES string of the molecule is CCCNC(C)C(Cc1ccccc1[N+](=O)[O-])C(C)C. The zero-order valence-corrected chi connectivity index (χ0v) is 12.9. The summed E-state index contributed by atoms with van der Waals surface area (Å²) >= 11 is 0. The highest BCUT2D eigenvalue weighted by Crippen LogP contribution is 2.26. The van der Waals surface area contributed by atoms with Gasteiger partial charge in [-0.3, -0.25) is 10.1 Å². The van der Waals surface area contributed by atoms with Crippen LogP contribution in [-0.4, -0.2) is 17.5 Å². The average Bonchev–Trinajstić information content (AvgIpc) is 2.42. The maximum Gasteiger partial charge on any atom is 0.272 e. The summed E-state index contributed by atoms with van der Waals surface area (Å²) in [7, 11) is 0. The molecule has 0 fully saturated rings. The second kappa shape index (κ2) is 8.00. The first-order valence-corrected chi connectivity index (χ1v) is 7.43. The molecule has 4 heteroatoms. The van der Waals surface area contributed by atoms with Crippen molar-refractivity contribution >= 4 is 5.69 Å². The van der Waals surface area contributed by atoms with Crippen molar-refractivity contribution in [3.8, 4) is 0 Å². The molecule has 0 saturated heterocycles. The molecule has 0 radical (unpaired) electrons. The smallest absolute Gasteiger partial charge is 0.272 e. The van der Waals surface area contributed by atoms with Crippen LogP contribution in [-0.2, 0) is 6.42 Å². The van der Waals surface area contributed by atoms with E-state index in [1.807, 2.05) is 12.1 Å². The minimum Gasteiger partial charge on any atom is -0.314 e. The largest absolute Gasteiger partial charge is 0.314 e. The molecule has 0 amide bonds. The molecule has 4 nitrogen and oxygen atoms in total. The van der Waals surface area contributed by atoms with Gasteiger partial charge in [0.15, 0.2) is 0 Å². The first-order valence-electron chi connectivity index (χ1n) is 7.43. The predicted molar refractivity (Wildman–Crippen MR) is 82.9 cm³/mol. The molecule has 1 aromatic rings. The number of nitro benzene ring substituents is 1. The van der Waals surface area contributed by atoms with Gasteiger partial charge < -0.3 is 5.32 Å². The molecule has 1 aromatic carbocycles. The van der Waals surface area contributed by atoms with E-state index in [2.05, 4.69) is 33.0 Å². The highest BCUT2D eigenvalue weighted by atomic mass is 16.6. The Morgan fingerprint density at radius 1 is 1.25 bits per heavy atom. The fraction of sp³-hybridized carbons (Fsp3) is 0.625. The number of nitrogens with zero attached hydrogens (tertiary/aromatic N) is 1. The van der Waals surface area contributed by atoms with Crippen LogP contribution < -0.4 is 5.32 Å². The Hall–Kier alpha value is -1.42. The first kappa shape index (κ1) is 16.6. The van der Waals surface area contributed by atoms with Gasteiger partial charge in [-0.2, -0.15) is 0 Å². The summed E-state index contributed by atoms with van der Waals surface area (Å²) in [5, 5.41) is 14.6. The molecule has 0 bridgehead atoms. The van der Waals surface area contributed by atoms with Crippen LogP contribution in [0.2, 0.25) is 0 Å². The van der Waals surface area contributed by atoms with Gasteiger partial charge in [0.1, 0.15) is 0 Å². The number of rotatable bonds is 8. The maximum atomic E-state index is 11.1. The zero-order chi connectivity index (χ0) is 15.1. The van der Waals surface area contributed by atoms with Crippen LogP contribution in [0.25, 0.3) is 0 Å². The van der Waals surface area contributed by atoms with Crippen molar-refractivity contribution in [3.63, 3.8) is 0 Å². The molecule has 0 spiro atoms. The summed E-state index contributed by atoms with van der Waals surface area (Å²) in [5.74, 6) is 0.872. The Morgan fingerprint density at radius 2 is 1.90 bits per heavy atom. The standard InChI is InChI=1S/C16H26N2O2/c1-5-10-17-13(4)15(12(2)3)11-14-8-6-7-9-16(14)18(19)20/h6-9,12-13,15,17H,5,10-11H2,1-4H3. The normalized spacial score (nSPS) is 14.2. The minimum atomic E-state index is -0.281. The molecule has 0 heterocycles. The van der Waals surface area contributed by atoms with Crippen LogP contribution in [0.5, 0.6) is 0 Å². The number of hydrogen-bond donors (Lipinski definition) is 1. The molecule has 1 N–H and O–H groups in total. The van der Waals surface area contributed by atoms with Crippen LogP contribution >= 0.6 is 0 Å². The third-order valence-corrected chi connectivity index (χ3v) is 3.86. The van der Waals surface area contributed by atoms with Gasteiger partial charge in [0.05, 0.1) is 4.92 Å². The summed E-state index contributed by atoms with van der Waals surface area (Å²) < 4.78 is 0. The summed E-state index contributed by atoms with van der Waals surface area (Å²) in [5.41, 5.74) is 1.07. The number of nitrogens with one attached hydrogen (secondary N) is 1. The van der Waals surface area contributed by atoms with Crippen molar-refractivity contribution in [1.82, 2.24) is 5.32 Å². The van der Waals surface area contributed by atoms with E-state index in [4.69, 9.17) is 0 Å². The number of benzene rings is 1. The second-order valence-corrected chi connectivity index (χ2v) is 5.74.